The summed E-state index contributed by atoms with van der Waals surface area (Å²) in [5, 5.41) is 14.7. The molecule has 1 heterocycles. The first-order chi connectivity index (χ1) is 19.6. The number of halogens is 3. The molecule has 0 saturated heterocycles. The average molecular weight is 564 g/mol. The smallest absolute Gasteiger partial charge is 0.416 e. The van der Waals surface area contributed by atoms with Crippen LogP contribution in [0, 0.1) is 6.92 Å². The molecule has 1 saturated carbocycles. The lowest BCUT2D eigenvalue weighted by atomic mass is 9.93. The Bertz CT molecular complexity index is 1490. The van der Waals surface area contributed by atoms with Crippen molar-refractivity contribution in [1.29, 1.82) is 0 Å². The number of alkyl halides is 3. The predicted molar refractivity (Wildman–Crippen MR) is 149 cm³/mol. The van der Waals surface area contributed by atoms with Gasteiger partial charge in [0.1, 0.15) is 0 Å². The predicted octanol–water partition coefficient (Wildman–Crippen LogP) is 7.99. The molecule has 8 heteroatoms. The lowest BCUT2D eigenvalue weighted by Crippen LogP contribution is -2.23. The van der Waals surface area contributed by atoms with Crippen molar-refractivity contribution >= 4 is 5.97 Å². The summed E-state index contributed by atoms with van der Waals surface area (Å²) in [6.45, 7) is 4.07. The Morgan fingerprint density at radius 3 is 2.12 bits per heavy atom. The fourth-order valence-corrected chi connectivity index (χ4v) is 5.24. The fraction of sp³-hybridized carbons (Fsp3) is 0.333. The molecule has 1 aromatic heterocycles. The Hall–Kier alpha value is -3.91. The molecule has 0 aliphatic heterocycles. The number of esters is 1. The van der Waals surface area contributed by atoms with Crippen LogP contribution in [0.1, 0.15) is 66.7 Å². The maximum absolute atomic E-state index is 12.8. The van der Waals surface area contributed by atoms with Crippen LogP contribution in [0.25, 0.3) is 22.5 Å². The highest BCUT2D eigenvalue weighted by atomic mass is 19.4. The van der Waals surface area contributed by atoms with Crippen molar-refractivity contribution in [2.45, 2.75) is 63.6 Å². The first-order valence-electron chi connectivity index (χ1n) is 13.8. The van der Waals surface area contributed by atoms with Gasteiger partial charge in [-0.1, -0.05) is 65.8 Å². The molecule has 5 rings (SSSR count). The molecule has 1 N–H and O–H groups in total. The minimum absolute atomic E-state index is 0.149. The molecular formula is C33H32F3NO4. The largest absolute Gasteiger partial charge is 0.465 e. The third kappa shape index (κ3) is 6.07. The van der Waals surface area contributed by atoms with Gasteiger partial charge in [-0.2, -0.15) is 13.2 Å². The zero-order valence-corrected chi connectivity index (χ0v) is 23.0. The molecule has 0 amide bonds. The number of carbonyl (C=O) groups is 1. The third-order valence-electron chi connectivity index (χ3n) is 7.85. The quantitative estimate of drug-likeness (QED) is 0.198. The molecule has 5 nitrogen and oxygen atoms in total. The van der Waals surface area contributed by atoms with Crippen LogP contribution < -0.4 is 0 Å². The van der Waals surface area contributed by atoms with E-state index in [0.717, 1.165) is 58.5 Å². The van der Waals surface area contributed by atoms with E-state index in [1.54, 1.807) is 0 Å². The first-order valence-corrected chi connectivity index (χ1v) is 13.8. The number of carbonyl (C=O) groups excluding carboxylic acids is 1. The summed E-state index contributed by atoms with van der Waals surface area (Å²) in [6.07, 6.45) is -2.04. The van der Waals surface area contributed by atoms with E-state index in [1.807, 2.05) is 62.4 Å². The zero-order chi connectivity index (χ0) is 29.2. The van der Waals surface area contributed by atoms with E-state index in [-0.39, 0.29) is 5.97 Å². The Morgan fingerprint density at radius 2 is 1.56 bits per heavy atom. The van der Waals surface area contributed by atoms with Gasteiger partial charge in [-0.25, -0.2) is 0 Å². The Balaban J connectivity index is 1.23. The number of aromatic nitrogens is 1. The van der Waals surface area contributed by atoms with E-state index < -0.39 is 23.3 Å². The molecule has 0 radical (unpaired) electrons. The summed E-state index contributed by atoms with van der Waals surface area (Å²) >= 11 is 0. The van der Waals surface area contributed by atoms with Crippen LogP contribution in [-0.2, 0) is 27.5 Å². The van der Waals surface area contributed by atoms with Crippen LogP contribution in [0.5, 0.6) is 0 Å². The number of hydrogen-bond donors (Lipinski definition) is 1. The highest BCUT2D eigenvalue weighted by Crippen LogP contribution is 2.49. The van der Waals surface area contributed by atoms with E-state index >= 15 is 0 Å². The SMILES string of the molecule is CCOC(=O)C1(c2ccc(-c3ccc(-c4onc(C)c4CCCC(O)c4ccc(C(F)(F)F)cc4)cc3)cc2)CC1. The van der Waals surface area contributed by atoms with Crippen molar-refractivity contribution in [3.8, 4) is 22.5 Å². The van der Waals surface area contributed by atoms with Crippen molar-refractivity contribution < 1.29 is 32.3 Å². The van der Waals surface area contributed by atoms with E-state index in [2.05, 4.69) is 5.16 Å². The molecular weight excluding hydrogens is 531 g/mol. The van der Waals surface area contributed by atoms with Crippen molar-refractivity contribution in [3.05, 3.63) is 101 Å². The molecule has 1 atom stereocenters. The van der Waals surface area contributed by atoms with Crippen LogP contribution in [-0.4, -0.2) is 22.8 Å². The minimum Gasteiger partial charge on any atom is -0.465 e. The van der Waals surface area contributed by atoms with Crippen LogP contribution in [0.4, 0.5) is 13.2 Å². The van der Waals surface area contributed by atoms with Crippen molar-refractivity contribution in [2.75, 3.05) is 6.61 Å². The average Bonchev–Trinajstić information content (AvgIpc) is 3.71. The first kappa shape index (κ1) is 28.6. The summed E-state index contributed by atoms with van der Waals surface area (Å²) < 4.78 is 49.4. The molecule has 0 bridgehead atoms. The molecule has 1 unspecified atom stereocenters. The second kappa shape index (κ2) is 11.5. The van der Waals surface area contributed by atoms with Gasteiger partial charge >= 0.3 is 12.1 Å². The van der Waals surface area contributed by atoms with Crippen LogP contribution >= 0.6 is 0 Å². The van der Waals surface area contributed by atoms with Crippen molar-refractivity contribution in [3.63, 3.8) is 0 Å². The molecule has 1 aliphatic rings. The molecule has 214 valence electrons. The van der Waals surface area contributed by atoms with Gasteiger partial charge in [0.05, 0.1) is 29.4 Å². The molecule has 1 fully saturated rings. The molecule has 4 aromatic rings. The number of rotatable bonds is 10. The maximum Gasteiger partial charge on any atom is 0.416 e. The van der Waals surface area contributed by atoms with Gasteiger partial charge in [-0.3, -0.25) is 4.79 Å². The van der Waals surface area contributed by atoms with Gasteiger partial charge in [0.15, 0.2) is 5.76 Å². The van der Waals surface area contributed by atoms with E-state index in [1.165, 1.54) is 12.1 Å². The third-order valence-corrected chi connectivity index (χ3v) is 7.85. The number of nitrogens with zero attached hydrogens (tertiary/aromatic N) is 1. The number of aryl methyl sites for hydroxylation is 1. The highest BCUT2D eigenvalue weighted by Gasteiger charge is 2.52. The van der Waals surface area contributed by atoms with Crippen LogP contribution in [0.2, 0.25) is 0 Å². The monoisotopic (exact) mass is 563 g/mol. The molecule has 0 spiro atoms. The zero-order valence-electron chi connectivity index (χ0n) is 23.0. The molecule has 3 aromatic carbocycles. The standard InChI is InChI=1S/C33H32F3NO4/c1-3-40-31(39)32(19-20-32)26-15-11-23(12-16-26)22-7-9-25(10-8-22)30-28(21(2)37-41-30)5-4-6-29(38)24-13-17-27(18-14-24)33(34,35)36/h7-18,29,38H,3-6,19-20H2,1-2H3. The van der Waals surface area contributed by atoms with Gasteiger partial charge < -0.3 is 14.4 Å². The molecule has 41 heavy (non-hydrogen) atoms. The lowest BCUT2D eigenvalue weighted by Gasteiger charge is -2.14. The van der Waals surface area contributed by atoms with Gasteiger partial charge in [-0.05, 0) is 80.3 Å². The van der Waals surface area contributed by atoms with Gasteiger partial charge in [0, 0.05) is 11.1 Å². The number of hydrogen-bond acceptors (Lipinski definition) is 5. The van der Waals surface area contributed by atoms with Gasteiger partial charge in [0.2, 0.25) is 0 Å². The fourth-order valence-electron chi connectivity index (χ4n) is 5.24. The Labute approximate surface area is 237 Å². The number of aliphatic hydroxyl groups excluding tert-OH is 1. The lowest BCUT2D eigenvalue weighted by molar-refractivity contribution is -0.146. The Kier molecular flexibility index (Phi) is 8.04. The summed E-state index contributed by atoms with van der Waals surface area (Å²) in [7, 11) is 0. The maximum atomic E-state index is 12.8. The van der Waals surface area contributed by atoms with E-state index in [4.69, 9.17) is 9.26 Å². The number of benzene rings is 3. The summed E-state index contributed by atoms with van der Waals surface area (Å²) in [6, 6.07) is 20.7. The van der Waals surface area contributed by atoms with Crippen molar-refractivity contribution in [2.24, 2.45) is 0 Å². The van der Waals surface area contributed by atoms with E-state index in [0.29, 0.717) is 37.2 Å². The topological polar surface area (TPSA) is 72.6 Å². The number of aliphatic hydroxyl groups is 1. The second-order valence-electron chi connectivity index (χ2n) is 10.6. The van der Waals surface area contributed by atoms with Crippen LogP contribution in [0.3, 0.4) is 0 Å². The minimum atomic E-state index is -4.40. The van der Waals surface area contributed by atoms with Crippen molar-refractivity contribution in [1.82, 2.24) is 5.16 Å². The van der Waals surface area contributed by atoms with E-state index in [9.17, 15) is 23.1 Å². The molecule has 1 aliphatic carbocycles. The summed E-state index contributed by atoms with van der Waals surface area (Å²) in [5.74, 6) is 0.517. The highest BCUT2D eigenvalue weighted by molar-refractivity contribution is 5.87. The second-order valence-corrected chi connectivity index (χ2v) is 10.6. The van der Waals surface area contributed by atoms with Gasteiger partial charge in [0.25, 0.3) is 0 Å². The van der Waals surface area contributed by atoms with Gasteiger partial charge in [-0.15, -0.1) is 0 Å². The summed E-state index contributed by atoms with van der Waals surface area (Å²) in [4.78, 5) is 12.4. The van der Waals surface area contributed by atoms with Crippen LogP contribution in [0.15, 0.2) is 77.3 Å². The Morgan fingerprint density at radius 1 is 0.976 bits per heavy atom. The number of ether oxygens (including phenoxy) is 1. The summed E-state index contributed by atoms with van der Waals surface area (Å²) in [5.41, 5.74) is 4.86. The normalized spacial score (nSPS) is 15.0.